The summed E-state index contributed by atoms with van der Waals surface area (Å²) < 4.78 is 10.8. The number of aliphatic hydroxyl groups is 1. The highest BCUT2D eigenvalue weighted by molar-refractivity contribution is 5.44. The standard InChI is InChI=1S/C12H16O3/c1-3-4-11-12(13)9-7-8(14-2)5-6-10(9)15-11/h5-7,11-13H,3-4H2,1-2H3. The van der Waals surface area contributed by atoms with Crippen LogP contribution in [0.2, 0.25) is 0 Å². The maximum Gasteiger partial charge on any atom is 0.129 e. The van der Waals surface area contributed by atoms with Crippen molar-refractivity contribution >= 4 is 0 Å². The summed E-state index contributed by atoms with van der Waals surface area (Å²) in [6.07, 6.45) is 1.26. The number of fused-ring (bicyclic) bond motifs is 1. The van der Waals surface area contributed by atoms with Crippen molar-refractivity contribution in [2.45, 2.75) is 32.0 Å². The average Bonchev–Trinajstić information content (AvgIpc) is 2.56. The van der Waals surface area contributed by atoms with Crippen molar-refractivity contribution < 1.29 is 14.6 Å². The van der Waals surface area contributed by atoms with Gasteiger partial charge in [-0.25, -0.2) is 0 Å². The predicted molar refractivity (Wildman–Crippen MR) is 57.3 cm³/mol. The fourth-order valence-corrected chi connectivity index (χ4v) is 1.92. The van der Waals surface area contributed by atoms with E-state index in [0.717, 1.165) is 29.9 Å². The number of ether oxygens (including phenoxy) is 2. The molecule has 2 atom stereocenters. The molecule has 1 aromatic carbocycles. The van der Waals surface area contributed by atoms with Gasteiger partial charge in [0.25, 0.3) is 0 Å². The summed E-state index contributed by atoms with van der Waals surface area (Å²) in [6.45, 7) is 2.08. The molecule has 0 fully saturated rings. The molecule has 15 heavy (non-hydrogen) atoms. The molecule has 0 bridgehead atoms. The Balaban J connectivity index is 2.25. The zero-order valence-electron chi connectivity index (χ0n) is 9.06. The first-order valence-corrected chi connectivity index (χ1v) is 5.29. The molecule has 0 saturated heterocycles. The van der Waals surface area contributed by atoms with Crippen LogP contribution in [-0.4, -0.2) is 18.3 Å². The van der Waals surface area contributed by atoms with E-state index in [9.17, 15) is 5.11 Å². The highest BCUT2D eigenvalue weighted by Gasteiger charge is 2.32. The minimum absolute atomic E-state index is 0.0999. The van der Waals surface area contributed by atoms with Crippen LogP contribution in [0.4, 0.5) is 0 Å². The minimum atomic E-state index is -0.518. The monoisotopic (exact) mass is 208 g/mol. The summed E-state index contributed by atoms with van der Waals surface area (Å²) >= 11 is 0. The van der Waals surface area contributed by atoms with Gasteiger partial charge in [0.05, 0.1) is 7.11 Å². The zero-order valence-corrected chi connectivity index (χ0v) is 9.06. The van der Waals surface area contributed by atoms with E-state index in [2.05, 4.69) is 6.92 Å². The molecule has 3 nitrogen and oxygen atoms in total. The van der Waals surface area contributed by atoms with E-state index in [-0.39, 0.29) is 6.10 Å². The Kier molecular flexibility index (Phi) is 2.82. The van der Waals surface area contributed by atoms with Crippen molar-refractivity contribution in [3.05, 3.63) is 23.8 Å². The lowest BCUT2D eigenvalue weighted by Crippen LogP contribution is -2.17. The Morgan fingerprint density at radius 3 is 2.93 bits per heavy atom. The first-order valence-electron chi connectivity index (χ1n) is 5.29. The SMILES string of the molecule is CCCC1Oc2ccc(OC)cc2C1O. The Bertz CT molecular complexity index is 349. The fourth-order valence-electron chi connectivity index (χ4n) is 1.92. The van der Waals surface area contributed by atoms with Crippen LogP contribution < -0.4 is 9.47 Å². The summed E-state index contributed by atoms with van der Waals surface area (Å²) in [5.74, 6) is 1.54. The minimum Gasteiger partial charge on any atom is -0.497 e. The lowest BCUT2D eigenvalue weighted by Gasteiger charge is -2.12. The third-order valence-corrected chi connectivity index (χ3v) is 2.74. The van der Waals surface area contributed by atoms with Crippen LogP contribution in [0.15, 0.2) is 18.2 Å². The number of rotatable bonds is 3. The van der Waals surface area contributed by atoms with E-state index in [1.165, 1.54) is 0 Å². The quantitative estimate of drug-likeness (QED) is 0.828. The van der Waals surface area contributed by atoms with E-state index in [0.29, 0.717) is 0 Å². The fraction of sp³-hybridized carbons (Fsp3) is 0.500. The van der Waals surface area contributed by atoms with Crippen LogP contribution in [0.25, 0.3) is 0 Å². The second kappa shape index (κ2) is 4.11. The van der Waals surface area contributed by atoms with Crippen LogP contribution >= 0.6 is 0 Å². The Morgan fingerprint density at radius 2 is 2.27 bits per heavy atom. The van der Waals surface area contributed by atoms with Crippen molar-refractivity contribution in [2.24, 2.45) is 0 Å². The van der Waals surface area contributed by atoms with Gasteiger partial charge in [-0.05, 0) is 24.6 Å². The normalized spacial score (nSPS) is 23.4. The molecular weight excluding hydrogens is 192 g/mol. The molecule has 0 spiro atoms. The van der Waals surface area contributed by atoms with Crippen molar-refractivity contribution in [3.8, 4) is 11.5 Å². The maximum atomic E-state index is 10.0. The molecule has 0 radical (unpaired) electrons. The number of aliphatic hydroxyl groups excluding tert-OH is 1. The third kappa shape index (κ3) is 1.79. The lowest BCUT2D eigenvalue weighted by molar-refractivity contribution is 0.0616. The number of hydrogen-bond acceptors (Lipinski definition) is 3. The highest BCUT2D eigenvalue weighted by atomic mass is 16.5. The molecular formula is C12H16O3. The van der Waals surface area contributed by atoms with Gasteiger partial charge >= 0.3 is 0 Å². The third-order valence-electron chi connectivity index (χ3n) is 2.74. The van der Waals surface area contributed by atoms with Crippen molar-refractivity contribution in [1.82, 2.24) is 0 Å². The summed E-state index contributed by atoms with van der Waals surface area (Å²) in [5.41, 5.74) is 0.841. The number of benzene rings is 1. The lowest BCUT2D eigenvalue weighted by atomic mass is 10.0. The number of hydrogen-bond donors (Lipinski definition) is 1. The van der Waals surface area contributed by atoms with Gasteiger partial charge in [0.2, 0.25) is 0 Å². The summed E-state index contributed by atoms with van der Waals surface area (Å²) in [4.78, 5) is 0. The van der Waals surface area contributed by atoms with Gasteiger partial charge in [0.1, 0.15) is 23.7 Å². The number of methoxy groups -OCH3 is 1. The van der Waals surface area contributed by atoms with E-state index >= 15 is 0 Å². The van der Waals surface area contributed by atoms with E-state index in [4.69, 9.17) is 9.47 Å². The van der Waals surface area contributed by atoms with Gasteiger partial charge < -0.3 is 14.6 Å². The van der Waals surface area contributed by atoms with Crippen LogP contribution in [-0.2, 0) is 0 Å². The van der Waals surface area contributed by atoms with Crippen LogP contribution in [0, 0.1) is 0 Å². The summed E-state index contributed by atoms with van der Waals surface area (Å²) in [5, 5.41) is 10.0. The van der Waals surface area contributed by atoms with E-state index in [1.807, 2.05) is 18.2 Å². The first-order chi connectivity index (χ1) is 7.26. The van der Waals surface area contributed by atoms with Crippen LogP contribution in [0.5, 0.6) is 11.5 Å². The Labute approximate surface area is 89.6 Å². The van der Waals surface area contributed by atoms with Gasteiger partial charge in [-0.2, -0.15) is 0 Å². The van der Waals surface area contributed by atoms with Crippen LogP contribution in [0.3, 0.4) is 0 Å². The molecule has 1 aliphatic rings. The van der Waals surface area contributed by atoms with E-state index in [1.54, 1.807) is 7.11 Å². The predicted octanol–water partition coefficient (Wildman–Crippen LogP) is 2.29. The van der Waals surface area contributed by atoms with Crippen molar-refractivity contribution in [3.63, 3.8) is 0 Å². The Morgan fingerprint density at radius 1 is 1.47 bits per heavy atom. The molecule has 1 aromatic rings. The molecule has 0 aromatic heterocycles. The summed E-state index contributed by atoms with van der Waals surface area (Å²) in [6, 6.07) is 5.54. The smallest absolute Gasteiger partial charge is 0.129 e. The molecule has 1 N–H and O–H groups in total. The van der Waals surface area contributed by atoms with Gasteiger partial charge in [-0.1, -0.05) is 13.3 Å². The maximum absolute atomic E-state index is 10.0. The first kappa shape index (κ1) is 10.3. The van der Waals surface area contributed by atoms with Gasteiger partial charge in [-0.15, -0.1) is 0 Å². The second-order valence-corrected chi connectivity index (χ2v) is 3.79. The van der Waals surface area contributed by atoms with Crippen molar-refractivity contribution in [1.29, 1.82) is 0 Å². The molecule has 0 amide bonds. The molecule has 3 heteroatoms. The molecule has 1 heterocycles. The molecule has 2 rings (SSSR count). The topological polar surface area (TPSA) is 38.7 Å². The van der Waals surface area contributed by atoms with Gasteiger partial charge in [0.15, 0.2) is 0 Å². The molecule has 82 valence electrons. The second-order valence-electron chi connectivity index (χ2n) is 3.79. The molecule has 0 aliphatic carbocycles. The summed E-state index contributed by atoms with van der Waals surface area (Å²) in [7, 11) is 1.62. The Hall–Kier alpha value is -1.22. The van der Waals surface area contributed by atoms with E-state index < -0.39 is 6.10 Å². The largest absolute Gasteiger partial charge is 0.497 e. The zero-order chi connectivity index (χ0) is 10.8. The van der Waals surface area contributed by atoms with Gasteiger partial charge in [0, 0.05) is 5.56 Å². The van der Waals surface area contributed by atoms with Gasteiger partial charge in [-0.3, -0.25) is 0 Å². The molecule has 0 saturated carbocycles. The molecule has 2 unspecified atom stereocenters. The van der Waals surface area contributed by atoms with Crippen molar-refractivity contribution in [2.75, 3.05) is 7.11 Å². The van der Waals surface area contributed by atoms with Crippen LogP contribution in [0.1, 0.15) is 31.4 Å². The highest BCUT2D eigenvalue weighted by Crippen LogP contribution is 2.40. The average molecular weight is 208 g/mol. The molecule has 1 aliphatic heterocycles.